The number of fused-ring (bicyclic) bond motifs is 2. The Kier molecular flexibility index (Phi) is 4.25. The van der Waals surface area contributed by atoms with Gasteiger partial charge >= 0.3 is 6.03 Å². The number of urea groups is 1. The van der Waals surface area contributed by atoms with Crippen molar-refractivity contribution in [3.8, 4) is 5.69 Å². The first-order chi connectivity index (χ1) is 15.5. The molecule has 6 nitrogen and oxygen atoms in total. The van der Waals surface area contributed by atoms with Gasteiger partial charge in [0.1, 0.15) is 5.54 Å². The molecule has 0 bridgehead atoms. The summed E-state index contributed by atoms with van der Waals surface area (Å²) in [5.41, 5.74) is 6.68. The second-order valence-corrected chi connectivity index (χ2v) is 9.26. The molecule has 1 unspecified atom stereocenters. The lowest BCUT2D eigenvalue weighted by Gasteiger charge is -2.23. The van der Waals surface area contributed by atoms with Crippen LogP contribution in [0.1, 0.15) is 53.4 Å². The molecular formula is C26H26N4O2. The van der Waals surface area contributed by atoms with Gasteiger partial charge in [0.05, 0.1) is 17.9 Å². The van der Waals surface area contributed by atoms with Crippen LogP contribution in [-0.4, -0.2) is 26.6 Å². The van der Waals surface area contributed by atoms with Gasteiger partial charge in [0.25, 0.3) is 5.91 Å². The Morgan fingerprint density at radius 3 is 2.59 bits per heavy atom. The minimum absolute atomic E-state index is 0.202. The van der Waals surface area contributed by atoms with E-state index in [-0.39, 0.29) is 18.5 Å². The van der Waals surface area contributed by atoms with E-state index in [0.717, 1.165) is 55.5 Å². The van der Waals surface area contributed by atoms with E-state index in [1.54, 1.807) is 0 Å². The van der Waals surface area contributed by atoms with Crippen molar-refractivity contribution >= 4 is 11.9 Å². The number of aryl methyl sites for hydroxylation is 2. The maximum absolute atomic E-state index is 13.5. The Labute approximate surface area is 187 Å². The molecule has 1 saturated heterocycles. The van der Waals surface area contributed by atoms with Crippen LogP contribution < -0.4 is 5.32 Å². The summed E-state index contributed by atoms with van der Waals surface area (Å²) in [6.07, 6.45) is 6.24. The van der Waals surface area contributed by atoms with E-state index in [2.05, 4.69) is 17.4 Å². The number of nitrogens with zero attached hydrogens (tertiary/aromatic N) is 3. The monoisotopic (exact) mass is 426 g/mol. The number of benzene rings is 2. The number of carbonyl (C=O) groups is 2. The minimum atomic E-state index is -1.04. The Hall–Kier alpha value is -3.41. The number of nitrogens with one attached hydrogen (secondary N) is 1. The first-order valence-corrected chi connectivity index (χ1v) is 11.5. The van der Waals surface area contributed by atoms with Gasteiger partial charge in [-0.1, -0.05) is 36.4 Å². The summed E-state index contributed by atoms with van der Waals surface area (Å²) in [6.45, 7) is 2.02. The molecule has 1 atom stereocenters. The lowest BCUT2D eigenvalue weighted by Crippen LogP contribution is -2.41. The van der Waals surface area contributed by atoms with Crippen LogP contribution in [0.3, 0.4) is 0 Å². The third-order valence-corrected chi connectivity index (χ3v) is 7.27. The van der Waals surface area contributed by atoms with E-state index < -0.39 is 5.54 Å². The molecule has 3 amide bonds. The van der Waals surface area contributed by atoms with Gasteiger partial charge in [0, 0.05) is 5.69 Å². The normalized spacial score (nSPS) is 21.7. The average Bonchev–Trinajstić information content (AvgIpc) is 3.56. The SMILES string of the molecule is CC1(c2ccc3c(c2)CCC3)NC(=O)N(Cc2nn(-c3ccccc3)c3c2CCC3)C1=O. The Morgan fingerprint density at radius 1 is 0.969 bits per heavy atom. The molecule has 162 valence electrons. The zero-order valence-corrected chi connectivity index (χ0v) is 18.2. The molecule has 6 heteroatoms. The molecule has 1 fully saturated rings. The lowest BCUT2D eigenvalue weighted by molar-refractivity contribution is -0.131. The number of carbonyl (C=O) groups excluding carboxylic acids is 2. The fourth-order valence-electron chi connectivity index (χ4n) is 5.49. The van der Waals surface area contributed by atoms with E-state index >= 15 is 0 Å². The highest BCUT2D eigenvalue weighted by Crippen LogP contribution is 2.34. The van der Waals surface area contributed by atoms with Gasteiger partial charge in [0.2, 0.25) is 0 Å². The first-order valence-electron chi connectivity index (χ1n) is 11.5. The highest BCUT2D eigenvalue weighted by Gasteiger charge is 2.49. The number of hydrogen-bond donors (Lipinski definition) is 1. The van der Waals surface area contributed by atoms with Crippen LogP contribution in [0.2, 0.25) is 0 Å². The van der Waals surface area contributed by atoms with Crippen molar-refractivity contribution in [2.45, 2.75) is 57.5 Å². The van der Waals surface area contributed by atoms with E-state index in [4.69, 9.17) is 5.10 Å². The molecule has 1 aromatic heterocycles. The molecule has 2 heterocycles. The van der Waals surface area contributed by atoms with Crippen LogP contribution in [0.4, 0.5) is 4.79 Å². The number of amides is 3. The van der Waals surface area contributed by atoms with E-state index in [1.807, 2.05) is 48.0 Å². The molecule has 6 rings (SSSR count). The molecule has 0 saturated carbocycles. The zero-order valence-electron chi connectivity index (χ0n) is 18.2. The molecule has 0 spiro atoms. The first kappa shape index (κ1) is 19.3. The number of rotatable bonds is 4. The van der Waals surface area contributed by atoms with Gasteiger partial charge in [-0.2, -0.15) is 5.10 Å². The fourth-order valence-corrected chi connectivity index (χ4v) is 5.49. The van der Waals surface area contributed by atoms with Gasteiger partial charge < -0.3 is 5.32 Å². The van der Waals surface area contributed by atoms with Crippen molar-refractivity contribution in [1.82, 2.24) is 20.0 Å². The number of para-hydroxylation sites is 1. The summed E-state index contributed by atoms with van der Waals surface area (Å²) in [6, 6.07) is 15.9. The maximum Gasteiger partial charge on any atom is 0.325 e. The van der Waals surface area contributed by atoms with Gasteiger partial charge in [-0.15, -0.1) is 0 Å². The highest BCUT2D eigenvalue weighted by molar-refractivity contribution is 6.07. The summed E-state index contributed by atoms with van der Waals surface area (Å²) in [7, 11) is 0. The third kappa shape index (κ3) is 2.82. The minimum Gasteiger partial charge on any atom is -0.319 e. The molecule has 0 radical (unpaired) electrons. The summed E-state index contributed by atoms with van der Waals surface area (Å²) in [5, 5.41) is 7.81. The van der Waals surface area contributed by atoms with Crippen LogP contribution in [0.25, 0.3) is 5.69 Å². The predicted molar refractivity (Wildman–Crippen MR) is 120 cm³/mol. The average molecular weight is 427 g/mol. The highest BCUT2D eigenvalue weighted by atomic mass is 16.2. The van der Waals surface area contributed by atoms with Crippen LogP contribution in [-0.2, 0) is 42.6 Å². The Balaban J connectivity index is 1.32. The van der Waals surface area contributed by atoms with E-state index in [0.29, 0.717) is 0 Å². The molecule has 3 aliphatic rings. The molecule has 1 N–H and O–H groups in total. The molecular weight excluding hydrogens is 400 g/mol. The van der Waals surface area contributed by atoms with Crippen molar-refractivity contribution in [3.63, 3.8) is 0 Å². The second-order valence-electron chi connectivity index (χ2n) is 9.26. The van der Waals surface area contributed by atoms with E-state index in [9.17, 15) is 9.59 Å². The Morgan fingerprint density at radius 2 is 1.75 bits per heavy atom. The molecule has 2 aliphatic carbocycles. The topological polar surface area (TPSA) is 67.2 Å². The fraction of sp³-hybridized carbons (Fsp3) is 0.346. The number of hydrogen-bond acceptors (Lipinski definition) is 3. The predicted octanol–water partition coefficient (Wildman–Crippen LogP) is 3.82. The van der Waals surface area contributed by atoms with Crippen LogP contribution in [0.15, 0.2) is 48.5 Å². The summed E-state index contributed by atoms with van der Waals surface area (Å²) in [4.78, 5) is 27.8. The van der Waals surface area contributed by atoms with Crippen molar-refractivity contribution in [1.29, 1.82) is 0 Å². The van der Waals surface area contributed by atoms with Gasteiger partial charge in [-0.25, -0.2) is 9.48 Å². The smallest absolute Gasteiger partial charge is 0.319 e. The van der Waals surface area contributed by atoms with E-state index in [1.165, 1.54) is 27.3 Å². The molecule has 2 aromatic carbocycles. The van der Waals surface area contributed by atoms with Gasteiger partial charge in [0.15, 0.2) is 0 Å². The van der Waals surface area contributed by atoms with Gasteiger partial charge in [-0.3, -0.25) is 9.69 Å². The summed E-state index contributed by atoms with van der Waals surface area (Å²) < 4.78 is 1.98. The maximum atomic E-state index is 13.5. The van der Waals surface area contributed by atoms with Gasteiger partial charge in [-0.05, 0) is 79.8 Å². The van der Waals surface area contributed by atoms with Crippen molar-refractivity contribution in [2.75, 3.05) is 0 Å². The molecule has 3 aromatic rings. The Bertz CT molecular complexity index is 1250. The third-order valence-electron chi connectivity index (χ3n) is 7.27. The quantitative estimate of drug-likeness (QED) is 0.645. The molecule has 32 heavy (non-hydrogen) atoms. The standard InChI is InChI=1S/C26H26N4O2/c1-26(19-14-13-17-7-5-8-18(17)15-19)24(31)29(25(32)27-26)16-22-21-11-6-12-23(21)30(28-22)20-9-3-2-4-10-20/h2-4,9-10,13-15H,5-8,11-12,16H2,1H3,(H,27,32). The van der Waals surface area contributed by atoms with Crippen molar-refractivity contribution < 1.29 is 9.59 Å². The number of imide groups is 1. The van der Waals surface area contributed by atoms with Crippen molar-refractivity contribution in [3.05, 3.63) is 82.2 Å². The van der Waals surface area contributed by atoms with Crippen LogP contribution in [0.5, 0.6) is 0 Å². The van der Waals surface area contributed by atoms with Crippen LogP contribution in [0, 0.1) is 0 Å². The lowest BCUT2D eigenvalue weighted by atomic mass is 9.89. The zero-order chi connectivity index (χ0) is 21.9. The number of aromatic nitrogens is 2. The summed E-state index contributed by atoms with van der Waals surface area (Å²) >= 11 is 0. The molecule has 1 aliphatic heterocycles. The largest absolute Gasteiger partial charge is 0.325 e. The summed E-state index contributed by atoms with van der Waals surface area (Å²) in [5.74, 6) is -0.207. The second kappa shape index (κ2) is 7.05. The van der Waals surface area contributed by atoms with Crippen LogP contribution >= 0.6 is 0 Å². The van der Waals surface area contributed by atoms with Crippen molar-refractivity contribution in [2.24, 2.45) is 0 Å².